The van der Waals surface area contributed by atoms with Gasteiger partial charge in [0, 0.05) is 42.3 Å². The smallest absolute Gasteiger partial charge is 0.253 e. The third-order valence-corrected chi connectivity index (χ3v) is 8.29. The van der Waals surface area contributed by atoms with E-state index in [4.69, 9.17) is 0 Å². The number of rotatable bonds is 7. The number of benzene rings is 3. The Bertz CT molecular complexity index is 1760. The predicted octanol–water partition coefficient (Wildman–Crippen LogP) is 5.07. The zero-order chi connectivity index (χ0) is 30.6. The molecule has 1 aromatic heterocycles. The highest BCUT2D eigenvalue weighted by molar-refractivity contribution is 7.92. The zero-order valence-electron chi connectivity index (χ0n) is 24.3. The van der Waals surface area contributed by atoms with Crippen LogP contribution in [-0.2, 0) is 21.2 Å². The first-order chi connectivity index (χ1) is 19.9. The lowest BCUT2D eigenvalue weighted by Crippen LogP contribution is -2.30. The number of nitrogens with zero attached hydrogens (tertiary/aromatic N) is 3. The van der Waals surface area contributed by atoms with Gasteiger partial charge < -0.3 is 20.3 Å². The van der Waals surface area contributed by atoms with E-state index in [0.717, 1.165) is 28.4 Å². The third kappa shape index (κ3) is 6.63. The molecule has 42 heavy (non-hydrogen) atoms. The van der Waals surface area contributed by atoms with Gasteiger partial charge in [-0.2, -0.15) is 0 Å². The Hall–Kier alpha value is -4.64. The van der Waals surface area contributed by atoms with Gasteiger partial charge in [-0.3, -0.25) is 18.9 Å². The molecule has 0 aliphatic carbocycles. The summed E-state index contributed by atoms with van der Waals surface area (Å²) in [6.45, 7) is 7.14. The molecule has 2 amide bonds. The summed E-state index contributed by atoms with van der Waals surface area (Å²) >= 11 is 0. The van der Waals surface area contributed by atoms with Gasteiger partial charge in [0.2, 0.25) is 15.9 Å². The number of fused-ring (bicyclic) bond motifs is 2. The number of hydrogen-bond acceptors (Lipinski definition) is 6. The SMILES string of the molecule is CC(=Nc1ccc(N(C)S(C)(=O)=O)cc1)c1c(O)[nH]c2ccccc12.CCN(CC)C(=O)c1ccc2c(c1)CC(=O)N2. The van der Waals surface area contributed by atoms with Gasteiger partial charge in [0.05, 0.1) is 35.3 Å². The molecule has 0 spiro atoms. The van der Waals surface area contributed by atoms with E-state index in [2.05, 4.69) is 15.3 Å². The van der Waals surface area contributed by atoms with Gasteiger partial charge in [0.1, 0.15) is 0 Å². The Morgan fingerprint density at radius 3 is 2.33 bits per heavy atom. The molecule has 220 valence electrons. The van der Waals surface area contributed by atoms with E-state index in [1.165, 1.54) is 11.4 Å². The first-order valence-corrected chi connectivity index (χ1v) is 15.4. The molecule has 1 aliphatic heterocycles. The van der Waals surface area contributed by atoms with E-state index in [1.54, 1.807) is 41.3 Å². The summed E-state index contributed by atoms with van der Waals surface area (Å²) in [5, 5.41) is 13.8. The lowest BCUT2D eigenvalue weighted by Gasteiger charge is -2.18. The maximum atomic E-state index is 12.1. The van der Waals surface area contributed by atoms with Crippen molar-refractivity contribution in [2.75, 3.05) is 36.0 Å². The van der Waals surface area contributed by atoms with Crippen molar-refractivity contribution in [1.29, 1.82) is 0 Å². The van der Waals surface area contributed by atoms with Crippen LogP contribution in [0, 0.1) is 0 Å². The molecule has 1 aliphatic rings. The van der Waals surface area contributed by atoms with Gasteiger partial charge in [-0.1, -0.05) is 18.2 Å². The standard InChI is InChI=1S/C18H19N3O3S.C13H16N2O2/c1-12(17-15-6-4-5-7-16(15)20-18(17)22)19-13-8-10-14(11-9-13)21(2)25(3,23)24;1-3-15(4-2)13(17)9-5-6-11-10(7-9)8-12(16)14-11/h4-11,20,22H,1-3H3;5-7H,3-4,8H2,1-2H3,(H,14,16). The van der Waals surface area contributed by atoms with Crippen molar-refractivity contribution in [3.63, 3.8) is 0 Å². The van der Waals surface area contributed by atoms with Crippen LogP contribution < -0.4 is 9.62 Å². The molecule has 0 unspecified atom stereocenters. The molecule has 4 aromatic rings. The largest absolute Gasteiger partial charge is 0.494 e. The normalized spacial score (nSPS) is 12.8. The van der Waals surface area contributed by atoms with E-state index in [-0.39, 0.29) is 17.7 Å². The maximum Gasteiger partial charge on any atom is 0.253 e. The van der Waals surface area contributed by atoms with Crippen molar-refractivity contribution in [3.8, 4) is 5.88 Å². The Kier molecular flexibility index (Phi) is 9.01. The highest BCUT2D eigenvalue weighted by Gasteiger charge is 2.20. The second kappa shape index (κ2) is 12.5. The van der Waals surface area contributed by atoms with Crippen molar-refractivity contribution in [2.24, 2.45) is 4.99 Å². The number of para-hydroxylation sites is 1. The number of amides is 2. The molecule has 10 nitrogen and oxygen atoms in total. The quantitative estimate of drug-likeness (QED) is 0.259. The highest BCUT2D eigenvalue weighted by atomic mass is 32.2. The molecule has 11 heteroatoms. The van der Waals surface area contributed by atoms with E-state index < -0.39 is 10.0 Å². The monoisotopic (exact) mass is 589 g/mol. The number of aromatic hydroxyl groups is 1. The number of anilines is 2. The molecule has 0 fully saturated rings. The molecule has 5 rings (SSSR count). The lowest BCUT2D eigenvalue weighted by molar-refractivity contribution is -0.115. The second-order valence-electron chi connectivity index (χ2n) is 9.91. The molecule has 3 aromatic carbocycles. The number of aromatic nitrogens is 1. The van der Waals surface area contributed by atoms with Crippen molar-refractivity contribution >= 4 is 55.5 Å². The molecular formula is C31H35N5O5S. The van der Waals surface area contributed by atoms with Crippen LogP contribution in [0.15, 0.2) is 71.7 Å². The molecular weight excluding hydrogens is 554 g/mol. The van der Waals surface area contributed by atoms with Gasteiger partial charge in [0.25, 0.3) is 5.91 Å². The van der Waals surface area contributed by atoms with Crippen molar-refractivity contribution in [3.05, 3.63) is 83.4 Å². The predicted molar refractivity (Wildman–Crippen MR) is 168 cm³/mol. The first-order valence-electron chi connectivity index (χ1n) is 13.5. The first kappa shape index (κ1) is 30.3. The molecule has 0 atom stereocenters. The van der Waals surface area contributed by atoms with Gasteiger partial charge in [-0.25, -0.2) is 8.42 Å². The van der Waals surface area contributed by atoms with E-state index in [9.17, 15) is 23.1 Å². The number of carbonyl (C=O) groups excluding carboxylic acids is 2. The van der Waals surface area contributed by atoms with Crippen LogP contribution in [0.25, 0.3) is 10.9 Å². The topological polar surface area (TPSA) is 135 Å². The summed E-state index contributed by atoms with van der Waals surface area (Å²) in [7, 11) is -1.79. The Balaban J connectivity index is 0.000000208. The minimum atomic E-state index is -3.30. The molecule has 0 radical (unpaired) electrons. The average Bonchev–Trinajstić information content (AvgIpc) is 3.50. The fraction of sp³-hybridized carbons (Fsp3) is 0.258. The molecule has 3 N–H and O–H groups in total. The number of sulfonamides is 1. The lowest BCUT2D eigenvalue weighted by atomic mass is 10.1. The number of H-pyrrole nitrogens is 1. The summed E-state index contributed by atoms with van der Waals surface area (Å²) in [6, 6.07) is 19.9. The van der Waals surface area contributed by atoms with Crippen LogP contribution in [0.2, 0.25) is 0 Å². The van der Waals surface area contributed by atoms with Crippen molar-refractivity contribution < 1.29 is 23.1 Å². The summed E-state index contributed by atoms with van der Waals surface area (Å²) < 4.78 is 24.4. The number of aliphatic imine (C=N–C) groups is 1. The Morgan fingerprint density at radius 1 is 1.02 bits per heavy atom. The summed E-state index contributed by atoms with van der Waals surface area (Å²) in [5.41, 5.74) is 5.80. The van der Waals surface area contributed by atoms with Gasteiger partial charge in [-0.15, -0.1) is 0 Å². The minimum absolute atomic E-state index is 0.00700. The number of hydrogen-bond donors (Lipinski definition) is 3. The van der Waals surface area contributed by atoms with Crippen LogP contribution in [0.3, 0.4) is 0 Å². The van der Waals surface area contributed by atoms with Crippen molar-refractivity contribution in [2.45, 2.75) is 27.2 Å². The second-order valence-corrected chi connectivity index (χ2v) is 11.9. The van der Waals surface area contributed by atoms with Crippen LogP contribution in [-0.4, -0.2) is 67.3 Å². The highest BCUT2D eigenvalue weighted by Crippen LogP contribution is 2.29. The Morgan fingerprint density at radius 2 is 1.69 bits per heavy atom. The fourth-order valence-electron chi connectivity index (χ4n) is 4.73. The number of aromatic amines is 1. The zero-order valence-corrected chi connectivity index (χ0v) is 25.1. The maximum absolute atomic E-state index is 12.1. The molecule has 0 saturated carbocycles. The minimum Gasteiger partial charge on any atom is -0.494 e. The average molecular weight is 590 g/mol. The third-order valence-electron chi connectivity index (χ3n) is 7.08. The Labute approximate surface area is 245 Å². The fourth-order valence-corrected chi connectivity index (χ4v) is 5.23. The number of carbonyl (C=O) groups is 2. The van der Waals surface area contributed by atoms with Gasteiger partial charge in [0.15, 0.2) is 5.88 Å². The van der Waals surface area contributed by atoms with Crippen LogP contribution >= 0.6 is 0 Å². The molecule has 2 heterocycles. The summed E-state index contributed by atoms with van der Waals surface area (Å²) in [5.74, 6) is 0.0977. The van der Waals surface area contributed by atoms with E-state index >= 15 is 0 Å². The summed E-state index contributed by atoms with van der Waals surface area (Å²) in [6.07, 6.45) is 1.53. The summed E-state index contributed by atoms with van der Waals surface area (Å²) in [4.78, 5) is 32.6. The molecule has 0 bridgehead atoms. The van der Waals surface area contributed by atoms with Gasteiger partial charge >= 0.3 is 0 Å². The van der Waals surface area contributed by atoms with E-state index in [0.29, 0.717) is 47.7 Å². The van der Waals surface area contributed by atoms with Crippen molar-refractivity contribution in [1.82, 2.24) is 9.88 Å². The molecule has 0 saturated heterocycles. The van der Waals surface area contributed by atoms with Crippen LogP contribution in [0.4, 0.5) is 17.1 Å². The van der Waals surface area contributed by atoms with Crippen LogP contribution in [0.5, 0.6) is 5.88 Å². The van der Waals surface area contributed by atoms with E-state index in [1.807, 2.05) is 51.1 Å². The van der Waals surface area contributed by atoms with Crippen LogP contribution in [0.1, 0.15) is 42.3 Å². The van der Waals surface area contributed by atoms with Gasteiger partial charge in [-0.05, 0) is 74.9 Å². The number of nitrogens with one attached hydrogen (secondary N) is 2.